The Morgan fingerprint density at radius 2 is 2.20 bits per heavy atom. The third kappa shape index (κ3) is 4.62. The minimum absolute atomic E-state index is 0.114. The summed E-state index contributed by atoms with van der Waals surface area (Å²) in [7, 11) is 0. The molecule has 0 aliphatic heterocycles. The first-order chi connectivity index (χ1) is 9.65. The Kier molecular flexibility index (Phi) is 5.56. The van der Waals surface area contributed by atoms with Crippen LogP contribution in [0.5, 0.6) is 5.75 Å². The molecule has 20 heavy (non-hydrogen) atoms. The molecule has 1 N–H and O–H groups in total. The molecule has 0 spiro atoms. The van der Waals surface area contributed by atoms with Crippen molar-refractivity contribution in [3.63, 3.8) is 0 Å². The fourth-order valence-corrected chi connectivity index (χ4v) is 2.80. The Balaban J connectivity index is 1.86. The molecule has 4 heteroatoms. The number of nitrogens with zero attached hydrogens (tertiary/aromatic N) is 1. The van der Waals surface area contributed by atoms with Crippen LogP contribution in [-0.2, 0) is 6.42 Å². The number of pyridine rings is 1. The molecule has 2 aromatic rings. The van der Waals surface area contributed by atoms with Crippen LogP contribution in [0, 0.1) is 0 Å². The number of aliphatic hydroxyl groups excluding tert-OH is 1. The molecule has 0 radical (unpaired) electrons. The second kappa shape index (κ2) is 7.41. The van der Waals surface area contributed by atoms with Gasteiger partial charge in [0.1, 0.15) is 5.75 Å². The molecule has 0 saturated heterocycles. The van der Waals surface area contributed by atoms with Crippen molar-refractivity contribution in [3.8, 4) is 5.75 Å². The first kappa shape index (κ1) is 15.0. The van der Waals surface area contributed by atoms with Crippen molar-refractivity contribution in [3.05, 3.63) is 46.4 Å². The van der Waals surface area contributed by atoms with Gasteiger partial charge in [0.15, 0.2) is 0 Å². The zero-order chi connectivity index (χ0) is 14.4. The summed E-state index contributed by atoms with van der Waals surface area (Å²) in [4.78, 5) is 5.50. The topological polar surface area (TPSA) is 42.4 Å². The summed E-state index contributed by atoms with van der Waals surface area (Å²) in [6, 6.07) is 6.07. The van der Waals surface area contributed by atoms with E-state index in [9.17, 15) is 5.11 Å². The van der Waals surface area contributed by atoms with Gasteiger partial charge in [0.05, 0.1) is 18.4 Å². The van der Waals surface area contributed by atoms with Crippen LogP contribution in [0.3, 0.4) is 0 Å². The lowest BCUT2D eigenvalue weighted by atomic mass is 10.1. The zero-order valence-electron chi connectivity index (χ0n) is 12.0. The van der Waals surface area contributed by atoms with Gasteiger partial charge in [-0.3, -0.25) is 4.98 Å². The van der Waals surface area contributed by atoms with E-state index in [4.69, 9.17) is 4.74 Å². The van der Waals surface area contributed by atoms with E-state index < -0.39 is 6.10 Å². The molecule has 108 valence electrons. The number of aromatic nitrogens is 1. The maximum atomic E-state index is 10.2. The molecule has 0 bridgehead atoms. The maximum Gasteiger partial charge on any atom is 0.138 e. The van der Waals surface area contributed by atoms with Crippen LogP contribution in [-0.4, -0.2) is 16.2 Å². The van der Waals surface area contributed by atoms with E-state index in [1.165, 1.54) is 4.88 Å². The largest absolute Gasteiger partial charge is 0.489 e. The monoisotopic (exact) mass is 291 g/mol. The predicted octanol–water partition coefficient (Wildman–Crippen LogP) is 3.99. The molecule has 0 amide bonds. The molecule has 0 aliphatic rings. The van der Waals surface area contributed by atoms with Crippen LogP contribution in [0.2, 0.25) is 0 Å². The standard InChI is InChI=1S/C16H21NO2S/c1-12(2)19-14-9-13(10-17-11-14)16(18)7-3-5-15-6-4-8-20-15/h4,6,8-12,16,18H,3,5,7H2,1-2H3. The lowest BCUT2D eigenvalue weighted by Crippen LogP contribution is -2.07. The molecule has 1 unspecified atom stereocenters. The molecule has 2 heterocycles. The normalized spacial score (nSPS) is 12.6. The summed E-state index contributed by atoms with van der Waals surface area (Å²) >= 11 is 1.77. The minimum Gasteiger partial charge on any atom is -0.489 e. The summed E-state index contributed by atoms with van der Waals surface area (Å²) in [6.45, 7) is 3.95. The Labute approximate surface area is 124 Å². The summed E-state index contributed by atoms with van der Waals surface area (Å²) in [5, 5.41) is 12.3. The number of rotatable bonds is 7. The maximum absolute atomic E-state index is 10.2. The molecular weight excluding hydrogens is 270 g/mol. The van der Waals surface area contributed by atoms with Gasteiger partial charge in [0.25, 0.3) is 0 Å². The van der Waals surface area contributed by atoms with Gasteiger partial charge < -0.3 is 9.84 Å². The van der Waals surface area contributed by atoms with Crippen molar-refractivity contribution in [1.29, 1.82) is 0 Å². The second-order valence-electron chi connectivity index (χ2n) is 5.11. The molecule has 0 aromatic carbocycles. The van der Waals surface area contributed by atoms with Crippen molar-refractivity contribution in [2.45, 2.75) is 45.3 Å². The quantitative estimate of drug-likeness (QED) is 0.839. The summed E-state index contributed by atoms with van der Waals surface area (Å²) in [6.07, 6.45) is 5.76. The van der Waals surface area contributed by atoms with Gasteiger partial charge >= 0.3 is 0 Å². The fourth-order valence-electron chi connectivity index (χ4n) is 2.05. The van der Waals surface area contributed by atoms with Gasteiger partial charge in [-0.15, -0.1) is 11.3 Å². The van der Waals surface area contributed by atoms with Gasteiger partial charge in [-0.05, 0) is 50.6 Å². The van der Waals surface area contributed by atoms with Crippen molar-refractivity contribution in [2.75, 3.05) is 0 Å². The highest BCUT2D eigenvalue weighted by molar-refractivity contribution is 7.09. The van der Waals surface area contributed by atoms with Gasteiger partial charge in [-0.1, -0.05) is 6.07 Å². The van der Waals surface area contributed by atoms with E-state index in [-0.39, 0.29) is 6.10 Å². The molecule has 1 atom stereocenters. The van der Waals surface area contributed by atoms with E-state index in [0.717, 1.165) is 30.6 Å². The smallest absolute Gasteiger partial charge is 0.138 e. The number of hydrogen-bond acceptors (Lipinski definition) is 4. The Morgan fingerprint density at radius 3 is 2.90 bits per heavy atom. The number of aryl methyl sites for hydroxylation is 1. The van der Waals surface area contributed by atoms with E-state index in [1.54, 1.807) is 23.7 Å². The van der Waals surface area contributed by atoms with E-state index in [0.29, 0.717) is 0 Å². The van der Waals surface area contributed by atoms with E-state index in [1.807, 2.05) is 19.9 Å². The predicted molar refractivity (Wildman–Crippen MR) is 82.2 cm³/mol. The SMILES string of the molecule is CC(C)Oc1cncc(C(O)CCCc2cccs2)c1. The molecule has 0 aliphatic carbocycles. The minimum atomic E-state index is -0.474. The third-order valence-electron chi connectivity index (χ3n) is 2.97. The van der Waals surface area contributed by atoms with Crippen molar-refractivity contribution < 1.29 is 9.84 Å². The molecule has 2 aromatic heterocycles. The average Bonchev–Trinajstić information content (AvgIpc) is 2.91. The number of ether oxygens (including phenoxy) is 1. The van der Waals surface area contributed by atoms with Gasteiger partial charge in [-0.2, -0.15) is 0 Å². The Bertz CT molecular complexity index is 511. The van der Waals surface area contributed by atoms with Crippen molar-refractivity contribution >= 4 is 11.3 Å². The van der Waals surface area contributed by atoms with Crippen LogP contribution in [0.1, 0.15) is 43.2 Å². The zero-order valence-corrected chi connectivity index (χ0v) is 12.8. The lowest BCUT2D eigenvalue weighted by Gasteiger charge is -2.13. The Morgan fingerprint density at radius 1 is 1.35 bits per heavy atom. The van der Waals surface area contributed by atoms with Gasteiger partial charge in [0.2, 0.25) is 0 Å². The number of aliphatic hydroxyl groups is 1. The highest BCUT2D eigenvalue weighted by Crippen LogP contribution is 2.23. The second-order valence-corrected chi connectivity index (χ2v) is 6.14. The van der Waals surface area contributed by atoms with Gasteiger partial charge in [-0.25, -0.2) is 0 Å². The average molecular weight is 291 g/mol. The fraction of sp³-hybridized carbons (Fsp3) is 0.438. The molecular formula is C16H21NO2S. The van der Waals surface area contributed by atoms with Crippen molar-refractivity contribution in [1.82, 2.24) is 4.98 Å². The molecule has 3 nitrogen and oxygen atoms in total. The number of thiophene rings is 1. The van der Waals surface area contributed by atoms with E-state index in [2.05, 4.69) is 22.5 Å². The van der Waals surface area contributed by atoms with Crippen LogP contribution >= 0.6 is 11.3 Å². The van der Waals surface area contributed by atoms with Crippen molar-refractivity contribution in [2.24, 2.45) is 0 Å². The summed E-state index contributed by atoms with van der Waals surface area (Å²) in [5.41, 5.74) is 0.828. The lowest BCUT2D eigenvalue weighted by molar-refractivity contribution is 0.163. The first-order valence-electron chi connectivity index (χ1n) is 6.97. The molecule has 0 saturated carbocycles. The van der Waals surface area contributed by atoms with Crippen LogP contribution in [0.15, 0.2) is 36.0 Å². The Hall–Kier alpha value is -1.39. The highest BCUT2D eigenvalue weighted by atomic mass is 32.1. The summed E-state index contributed by atoms with van der Waals surface area (Å²) < 4.78 is 5.60. The molecule has 0 fully saturated rings. The summed E-state index contributed by atoms with van der Waals surface area (Å²) in [5.74, 6) is 0.717. The molecule has 2 rings (SSSR count). The number of hydrogen-bond donors (Lipinski definition) is 1. The first-order valence-corrected chi connectivity index (χ1v) is 7.85. The highest BCUT2D eigenvalue weighted by Gasteiger charge is 2.10. The van der Waals surface area contributed by atoms with Crippen LogP contribution < -0.4 is 4.74 Å². The van der Waals surface area contributed by atoms with E-state index >= 15 is 0 Å². The third-order valence-corrected chi connectivity index (χ3v) is 3.91. The van der Waals surface area contributed by atoms with Crippen LogP contribution in [0.25, 0.3) is 0 Å². The van der Waals surface area contributed by atoms with Crippen LogP contribution in [0.4, 0.5) is 0 Å². The van der Waals surface area contributed by atoms with Gasteiger partial charge in [0, 0.05) is 16.6 Å².